The molecule has 1 atom stereocenters. The molecule has 98 valence electrons. The zero-order valence-corrected chi connectivity index (χ0v) is 11.7. The van der Waals surface area contributed by atoms with E-state index in [-0.39, 0.29) is 11.8 Å². The molecular formula is C14H19NO2S. The lowest BCUT2D eigenvalue weighted by Gasteiger charge is -2.27. The highest BCUT2D eigenvalue weighted by atomic mass is 32.2. The largest absolute Gasteiger partial charge is 0.307 e. The number of benzene rings is 1. The highest BCUT2D eigenvalue weighted by molar-refractivity contribution is 7.91. The molecule has 1 aliphatic heterocycles. The summed E-state index contributed by atoms with van der Waals surface area (Å²) in [6, 6.07) is 4.72. The number of rotatable bonds is 2. The first-order valence-corrected chi connectivity index (χ1v) is 8.22. The predicted octanol–water partition coefficient (Wildman–Crippen LogP) is 2.27. The molecule has 4 heteroatoms. The fraction of sp³-hybridized carbons (Fsp3) is 0.571. The van der Waals surface area contributed by atoms with Crippen LogP contribution in [0.3, 0.4) is 0 Å². The van der Waals surface area contributed by atoms with Gasteiger partial charge in [-0.1, -0.05) is 6.07 Å². The molecule has 0 bridgehead atoms. The van der Waals surface area contributed by atoms with Crippen LogP contribution < -0.4 is 5.32 Å². The van der Waals surface area contributed by atoms with Gasteiger partial charge in [-0.25, -0.2) is 8.42 Å². The summed E-state index contributed by atoms with van der Waals surface area (Å²) in [5, 5.41) is 3.57. The van der Waals surface area contributed by atoms with Crippen LogP contribution in [-0.2, 0) is 9.84 Å². The van der Waals surface area contributed by atoms with Gasteiger partial charge in [0.05, 0.1) is 10.6 Å². The van der Waals surface area contributed by atoms with Gasteiger partial charge in [-0.2, -0.15) is 0 Å². The topological polar surface area (TPSA) is 46.2 Å². The molecule has 1 fully saturated rings. The molecule has 2 aliphatic rings. The Bertz CT molecular complexity index is 588. The summed E-state index contributed by atoms with van der Waals surface area (Å²) in [4.78, 5) is 0.551. The van der Waals surface area contributed by atoms with Gasteiger partial charge in [0, 0.05) is 12.1 Å². The van der Waals surface area contributed by atoms with Crippen LogP contribution in [0.5, 0.6) is 0 Å². The summed E-state index contributed by atoms with van der Waals surface area (Å²) in [7, 11) is -3.07. The lowest BCUT2D eigenvalue weighted by Crippen LogP contribution is -2.31. The first-order valence-electron chi connectivity index (χ1n) is 6.57. The van der Waals surface area contributed by atoms with E-state index in [1.807, 2.05) is 19.9 Å². The lowest BCUT2D eigenvalue weighted by atomic mass is 9.98. The SMILES string of the molecule is Cc1cc2c(cc1C)S(=O)(=O)CCC2NC1CC1. The molecule has 1 heterocycles. The van der Waals surface area contributed by atoms with E-state index in [0.717, 1.165) is 11.1 Å². The van der Waals surface area contributed by atoms with E-state index < -0.39 is 9.84 Å². The number of aryl methyl sites for hydroxylation is 2. The second kappa shape index (κ2) is 4.07. The Morgan fingerprint density at radius 3 is 2.44 bits per heavy atom. The Morgan fingerprint density at radius 2 is 1.78 bits per heavy atom. The Morgan fingerprint density at radius 1 is 1.11 bits per heavy atom. The first kappa shape index (κ1) is 12.2. The third-order valence-electron chi connectivity index (χ3n) is 4.03. The highest BCUT2D eigenvalue weighted by Crippen LogP contribution is 2.36. The van der Waals surface area contributed by atoms with Crippen molar-refractivity contribution in [1.29, 1.82) is 0 Å². The minimum atomic E-state index is -3.07. The molecule has 1 saturated carbocycles. The van der Waals surface area contributed by atoms with Gasteiger partial charge in [0.2, 0.25) is 0 Å². The molecule has 3 nitrogen and oxygen atoms in total. The van der Waals surface area contributed by atoms with Crippen LogP contribution in [0.1, 0.15) is 42.0 Å². The predicted molar refractivity (Wildman–Crippen MR) is 71.5 cm³/mol. The zero-order valence-electron chi connectivity index (χ0n) is 10.9. The molecule has 1 aliphatic carbocycles. The second-order valence-electron chi connectivity index (χ2n) is 5.58. The van der Waals surface area contributed by atoms with E-state index in [4.69, 9.17) is 0 Å². The van der Waals surface area contributed by atoms with Crippen LogP contribution in [-0.4, -0.2) is 20.2 Å². The van der Waals surface area contributed by atoms with Gasteiger partial charge in [-0.15, -0.1) is 0 Å². The maximum absolute atomic E-state index is 12.2. The van der Waals surface area contributed by atoms with Gasteiger partial charge in [0.15, 0.2) is 9.84 Å². The molecular weight excluding hydrogens is 246 g/mol. The van der Waals surface area contributed by atoms with E-state index >= 15 is 0 Å². The number of hydrogen-bond acceptors (Lipinski definition) is 3. The Balaban J connectivity index is 2.08. The first-order chi connectivity index (χ1) is 8.47. The molecule has 1 aromatic carbocycles. The third kappa shape index (κ3) is 2.08. The molecule has 0 radical (unpaired) electrons. The molecule has 1 N–H and O–H groups in total. The van der Waals surface area contributed by atoms with E-state index in [2.05, 4.69) is 11.4 Å². The molecule has 0 amide bonds. The minimum absolute atomic E-state index is 0.218. The minimum Gasteiger partial charge on any atom is -0.307 e. The van der Waals surface area contributed by atoms with Crippen LogP contribution in [0.4, 0.5) is 0 Å². The van der Waals surface area contributed by atoms with Crippen LogP contribution in [0, 0.1) is 13.8 Å². The van der Waals surface area contributed by atoms with E-state index in [1.54, 1.807) is 0 Å². The van der Waals surface area contributed by atoms with Crippen LogP contribution in [0.2, 0.25) is 0 Å². The van der Waals surface area contributed by atoms with E-state index in [9.17, 15) is 8.42 Å². The summed E-state index contributed by atoms with van der Waals surface area (Å²) >= 11 is 0. The van der Waals surface area contributed by atoms with Gasteiger partial charge in [0.1, 0.15) is 0 Å². The quantitative estimate of drug-likeness (QED) is 0.892. The Hall–Kier alpha value is -0.870. The second-order valence-corrected chi connectivity index (χ2v) is 7.65. The normalized spacial score (nSPS) is 25.8. The Labute approximate surface area is 109 Å². The monoisotopic (exact) mass is 265 g/mol. The van der Waals surface area contributed by atoms with Crippen molar-refractivity contribution in [3.05, 3.63) is 28.8 Å². The third-order valence-corrected chi connectivity index (χ3v) is 5.82. The van der Waals surface area contributed by atoms with Crippen molar-refractivity contribution in [3.63, 3.8) is 0 Å². The summed E-state index contributed by atoms with van der Waals surface area (Å²) < 4.78 is 24.3. The van der Waals surface area contributed by atoms with Crippen molar-refractivity contribution < 1.29 is 8.42 Å². The van der Waals surface area contributed by atoms with Gasteiger partial charge in [-0.3, -0.25) is 0 Å². The standard InChI is InChI=1S/C14H19NO2S/c1-9-7-12-13(15-11-3-4-11)5-6-18(16,17)14(12)8-10(9)2/h7-8,11,13,15H,3-6H2,1-2H3. The lowest BCUT2D eigenvalue weighted by molar-refractivity contribution is 0.489. The summed E-state index contributed by atoms with van der Waals surface area (Å²) in [6.07, 6.45) is 3.15. The average molecular weight is 265 g/mol. The van der Waals surface area contributed by atoms with Gasteiger partial charge in [0.25, 0.3) is 0 Å². The molecule has 0 saturated heterocycles. The van der Waals surface area contributed by atoms with E-state index in [0.29, 0.717) is 17.4 Å². The molecule has 0 aromatic heterocycles. The maximum Gasteiger partial charge on any atom is 0.178 e. The van der Waals surface area contributed by atoms with Crippen molar-refractivity contribution in [2.45, 2.75) is 50.1 Å². The molecule has 0 spiro atoms. The van der Waals surface area contributed by atoms with Crippen LogP contribution >= 0.6 is 0 Å². The van der Waals surface area contributed by atoms with Gasteiger partial charge >= 0.3 is 0 Å². The molecule has 18 heavy (non-hydrogen) atoms. The smallest absolute Gasteiger partial charge is 0.178 e. The fourth-order valence-corrected chi connectivity index (χ4v) is 4.28. The van der Waals surface area contributed by atoms with Crippen LogP contribution in [0.25, 0.3) is 0 Å². The van der Waals surface area contributed by atoms with Crippen molar-refractivity contribution in [1.82, 2.24) is 5.32 Å². The summed E-state index contributed by atoms with van der Waals surface area (Å²) in [6.45, 7) is 4.02. The van der Waals surface area contributed by atoms with Crippen molar-refractivity contribution in [2.75, 3.05) is 5.75 Å². The molecule has 1 aromatic rings. The number of fused-ring (bicyclic) bond motifs is 1. The van der Waals surface area contributed by atoms with Crippen LogP contribution in [0.15, 0.2) is 17.0 Å². The van der Waals surface area contributed by atoms with Crippen molar-refractivity contribution >= 4 is 9.84 Å². The number of sulfone groups is 1. The van der Waals surface area contributed by atoms with Gasteiger partial charge in [-0.05, 0) is 55.9 Å². The van der Waals surface area contributed by atoms with Crippen molar-refractivity contribution in [3.8, 4) is 0 Å². The Kier molecular flexibility index (Phi) is 2.75. The molecule has 3 rings (SSSR count). The molecule has 1 unspecified atom stereocenters. The number of nitrogens with one attached hydrogen (secondary N) is 1. The zero-order chi connectivity index (χ0) is 12.9. The average Bonchev–Trinajstić information content (AvgIpc) is 3.10. The summed E-state index contributed by atoms with van der Waals surface area (Å²) in [5.41, 5.74) is 3.22. The summed E-state index contributed by atoms with van der Waals surface area (Å²) in [5.74, 6) is 0.271. The highest BCUT2D eigenvalue weighted by Gasteiger charge is 2.33. The van der Waals surface area contributed by atoms with E-state index in [1.165, 1.54) is 18.4 Å². The maximum atomic E-state index is 12.2. The van der Waals surface area contributed by atoms with Gasteiger partial charge < -0.3 is 5.32 Å². The number of hydrogen-bond donors (Lipinski definition) is 1. The fourth-order valence-electron chi connectivity index (χ4n) is 2.60. The van der Waals surface area contributed by atoms with Crippen molar-refractivity contribution in [2.24, 2.45) is 0 Å².